The lowest BCUT2D eigenvalue weighted by Crippen LogP contribution is -2.30. The number of pyridine rings is 1. The van der Waals surface area contributed by atoms with Gasteiger partial charge in [-0.15, -0.1) is 0 Å². The Morgan fingerprint density at radius 2 is 2.16 bits per heavy atom. The molecule has 0 unspecified atom stereocenters. The van der Waals surface area contributed by atoms with Crippen molar-refractivity contribution in [2.75, 3.05) is 32.0 Å². The van der Waals surface area contributed by atoms with Crippen molar-refractivity contribution < 1.29 is 0 Å². The molecular formula is C15H22N4. The van der Waals surface area contributed by atoms with Gasteiger partial charge in [-0.1, -0.05) is 0 Å². The SMILES string of the molecule is Cc1cc(C#N)cc(NCCC2CCN(C)CC2)n1. The highest BCUT2D eigenvalue weighted by Crippen LogP contribution is 2.19. The average molecular weight is 258 g/mol. The number of nitrogens with zero attached hydrogens (tertiary/aromatic N) is 3. The predicted octanol–water partition coefficient (Wildman–Crippen LogP) is 2.41. The lowest BCUT2D eigenvalue weighted by atomic mass is 9.94. The molecule has 4 heteroatoms. The Morgan fingerprint density at radius 1 is 1.42 bits per heavy atom. The van der Waals surface area contributed by atoms with Crippen molar-refractivity contribution >= 4 is 5.82 Å². The van der Waals surface area contributed by atoms with Gasteiger partial charge in [0.05, 0.1) is 11.6 Å². The zero-order valence-electron chi connectivity index (χ0n) is 11.8. The number of nitriles is 1. The summed E-state index contributed by atoms with van der Waals surface area (Å²) in [6.45, 7) is 5.29. The smallest absolute Gasteiger partial charge is 0.127 e. The fourth-order valence-corrected chi connectivity index (χ4v) is 2.58. The maximum absolute atomic E-state index is 8.93. The first-order chi connectivity index (χ1) is 9.17. The first kappa shape index (κ1) is 13.8. The van der Waals surface area contributed by atoms with Crippen LogP contribution in [0.1, 0.15) is 30.5 Å². The van der Waals surface area contributed by atoms with Gasteiger partial charge in [0.2, 0.25) is 0 Å². The number of likely N-dealkylation sites (tertiary alicyclic amines) is 1. The van der Waals surface area contributed by atoms with Crippen molar-refractivity contribution in [3.05, 3.63) is 23.4 Å². The molecule has 1 aliphatic rings. The van der Waals surface area contributed by atoms with Gasteiger partial charge in [0.15, 0.2) is 0 Å². The molecule has 19 heavy (non-hydrogen) atoms. The molecule has 4 nitrogen and oxygen atoms in total. The van der Waals surface area contributed by atoms with Gasteiger partial charge in [-0.05, 0) is 64.4 Å². The fraction of sp³-hybridized carbons (Fsp3) is 0.600. The zero-order chi connectivity index (χ0) is 13.7. The molecule has 0 aliphatic carbocycles. The topological polar surface area (TPSA) is 52.0 Å². The maximum atomic E-state index is 8.93. The maximum Gasteiger partial charge on any atom is 0.127 e. The number of aromatic nitrogens is 1. The number of aryl methyl sites for hydroxylation is 1. The molecule has 2 heterocycles. The second-order valence-corrected chi connectivity index (χ2v) is 5.46. The number of piperidine rings is 1. The molecule has 1 aromatic rings. The van der Waals surface area contributed by atoms with Crippen LogP contribution in [0.4, 0.5) is 5.82 Å². The molecule has 0 aromatic carbocycles. The predicted molar refractivity (Wildman–Crippen MR) is 77.0 cm³/mol. The number of hydrogen-bond acceptors (Lipinski definition) is 4. The van der Waals surface area contributed by atoms with Crippen LogP contribution in [-0.4, -0.2) is 36.6 Å². The Balaban J connectivity index is 1.79. The highest BCUT2D eigenvalue weighted by atomic mass is 15.1. The third kappa shape index (κ3) is 4.22. The van der Waals surface area contributed by atoms with Gasteiger partial charge in [-0.2, -0.15) is 5.26 Å². The molecule has 1 N–H and O–H groups in total. The van der Waals surface area contributed by atoms with E-state index in [0.29, 0.717) is 5.56 Å². The van der Waals surface area contributed by atoms with Crippen LogP contribution in [0.25, 0.3) is 0 Å². The second kappa shape index (κ2) is 6.53. The van der Waals surface area contributed by atoms with Crippen LogP contribution in [0.3, 0.4) is 0 Å². The van der Waals surface area contributed by atoms with Crippen LogP contribution < -0.4 is 5.32 Å². The van der Waals surface area contributed by atoms with E-state index >= 15 is 0 Å². The van der Waals surface area contributed by atoms with Gasteiger partial charge in [-0.25, -0.2) is 4.98 Å². The van der Waals surface area contributed by atoms with Gasteiger partial charge >= 0.3 is 0 Å². The monoisotopic (exact) mass is 258 g/mol. The Kier molecular flexibility index (Phi) is 4.75. The van der Waals surface area contributed by atoms with Gasteiger partial charge in [0.25, 0.3) is 0 Å². The summed E-state index contributed by atoms with van der Waals surface area (Å²) in [5.41, 5.74) is 1.56. The normalized spacial score (nSPS) is 17.1. The quantitative estimate of drug-likeness (QED) is 0.901. The molecule has 0 amide bonds. The van der Waals surface area contributed by atoms with Gasteiger partial charge in [0, 0.05) is 12.2 Å². The van der Waals surface area contributed by atoms with Crippen LogP contribution >= 0.6 is 0 Å². The number of rotatable bonds is 4. The molecule has 1 fully saturated rings. The second-order valence-electron chi connectivity index (χ2n) is 5.46. The van der Waals surface area contributed by atoms with E-state index in [0.717, 1.165) is 24.0 Å². The molecule has 1 saturated heterocycles. The first-order valence-corrected chi connectivity index (χ1v) is 6.98. The Morgan fingerprint density at radius 3 is 2.84 bits per heavy atom. The van der Waals surface area contributed by atoms with Crippen LogP contribution in [0.5, 0.6) is 0 Å². The van der Waals surface area contributed by atoms with Gasteiger partial charge in [-0.3, -0.25) is 0 Å². The van der Waals surface area contributed by atoms with Crippen molar-refractivity contribution in [2.45, 2.75) is 26.2 Å². The average Bonchev–Trinajstić information content (AvgIpc) is 2.40. The number of anilines is 1. The number of nitrogens with one attached hydrogen (secondary N) is 1. The third-order valence-electron chi connectivity index (χ3n) is 3.78. The van der Waals surface area contributed by atoms with E-state index in [2.05, 4.69) is 28.3 Å². The lowest BCUT2D eigenvalue weighted by Gasteiger charge is -2.28. The standard InChI is InChI=1S/C15H22N4/c1-12-9-14(11-16)10-15(18-12)17-6-3-13-4-7-19(2)8-5-13/h9-10,13H,3-8H2,1-2H3,(H,17,18). The first-order valence-electron chi connectivity index (χ1n) is 6.98. The summed E-state index contributed by atoms with van der Waals surface area (Å²) in [6, 6.07) is 5.80. The minimum Gasteiger partial charge on any atom is -0.370 e. The Bertz CT molecular complexity index is 456. The summed E-state index contributed by atoms with van der Waals surface area (Å²) in [6.07, 6.45) is 3.77. The van der Waals surface area contributed by atoms with Crippen molar-refractivity contribution in [1.82, 2.24) is 9.88 Å². The molecule has 0 saturated carbocycles. The number of hydrogen-bond donors (Lipinski definition) is 1. The molecule has 0 atom stereocenters. The summed E-state index contributed by atoms with van der Waals surface area (Å²) in [5.74, 6) is 1.65. The van der Waals surface area contributed by atoms with Crippen LogP contribution in [0.15, 0.2) is 12.1 Å². The van der Waals surface area contributed by atoms with E-state index in [1.165, 1.54) is 32.4 Å². The molecule has 1 aliphatic heterocycles. The van der Waals surface area contributed by atoms with E-state index in [4.69, 9.17) is 5.26 Å². The molecule has 0 radical (unpaired) electrons. The summed E-state index contributed by atoms with van der Waals surface area (Å²) < 4.78 is 0. The highest BCUT2D eigenvalue weighted by molar-refractivity contribution is 5.44. The van der Waals surface area contributed by atoms with Crippen molar-refractivity contribution in [3.8, 4) is 6.07 Å². The minimum absolute atomic E-state index is 0.675. The summed E-state index contributed by atoms with van der Waals surface area (Å²) >= 11 is 0. The van der Waals surface area contributed by atoms with E-state index in [1.54, 1.807) is 0 Å². The van der Waals surface area contributed by atoms with Crippen molar-refractivity contribution in [2.24, 2.45) is 5.92 Å². The lowest BCUT2D eigenvalue weighted by molar-refractivity contribution is 0.215. The fourth-order valence-electron chi connectivity index (χ4n) is 2.58. The van der Waals surface area contributed by atoms with E-state index < -0.39 is 0 Å². The van der Waals surface area contributed by atoms with E-state index in [1.807, 2.05) is 19.1 Å². The minimum atomic E-state index is 0.675. The van der Waals surface area contributed by atoms with E-state index in [9.17, 15) is 0 Å². The molecule has 0 spiro atoms. The van der Waals surface area contributed by atoms with Crippen molar-refractivity contribution in [3.63, 3.8) is 0 Å². The molecule has 2 rings (SSSR count). The zero-order valence-corrected chi connectivity index (χ0v) is 11.8. The summed E-state index contributed by atoms with van der Waals surface area (Å²) in [5, 5.41) is 12.3. The van der Waals surface area contributed by atoms with Crippen LogP contribution in [0.2, 0.25) is 0 Å². The third-order valence-corrected chi connectivity index (χ3v) is 3.78. The summed E-state index contributed by atoms with van der Waals surface area (Å²) in [7, 11) is 2.19. The summed E-state index contributed by atoms with van der Waals surface area (Å²) in [4.78, 5) is 6.80. The van der Waals surface area contributed by atoms with Gasteiger partial charge in [0.1, 0.15) is 5.82 Å². The molecular weight excluding hydrogens is 236 g/mol. The Hall–Kier alpha value is -1.60. The van der Waals surface area contributed by atoms with E-state index in [-0.39, 0.29) is 0 Å². The Labute approximate surface area is 115 Å². The highest BCUT2D eigenvalue weighted by Gasteiger charge is 2.15. The van der Waals surface area contributed by atoms with Crippen LogP contribution in [-0.2, 0) is 0 Å². The molecule has 1 aromatic heterocycles. The largest absolute Gasteiger partial charge is 0.370 e. The van der Waals surface area contributed by atoms with Crippen LogP contribution in [0, 0.1) is 24.2 Å². The molecule has 0 bridgehead atoms. The van der Waals surface area contributed by atoms with Gasteiger partial charge < -0.3 is 10.2 Å². The van der Waals surface area contributed by atoms with Crippen molar-refractivity contribution in [1.29, 1.82) is 5.26 Å². The molecule has 102 valence electrons.